The lowest BCUT2D eigenvalue weighted by Crippen LogP contribution is -2.14. The van der Waals surface area contributed by atoms with E-state index in [1.807, 2.05) is 6.92 Å². The van der Waals surface area contributed by atoms with Crippen molar-refractivity contribution in [3.8, 4) is 5.75 Å². The van der Waals surface area contributed by atoms with Crippen LogP contribution in [0, 0.1) is 5.95 Å². The van der Waals surface area contributed by atoms with E-state index in [-0.39, 0.29) is 5.56 Å². The Bertz CT molecular complexity index is 570. The summed E-state index contributed by atoms with van der Waals surface area (Å²) in [5.74, 6) is -0.603. The highest BCUT2D eigenvalue weighted by molar-refractivity contribution is 6.04. The van der Waals surface area contributed by atoms with Gasteiger partial charge in [-0.05, 0) is 43.3 Å². The zero-order chi connectivity index (χ0) is 13.7. The number of amides is 1. The van der Waals surface area contributed by atoms with Crippen molar-refractivity contribution in [2.24, 2.45) is 0 Å². The smallest absolute Gasteiger partial charge is 0.260 e. The lowest BCUT2D eigenvalue weighted by Gasteiger charge is -2.07. The summed E-state index contributed by atoms with van der Waals surface area (Å²) in [5, 5.41) is 2.59. The second-order valence-electron chi connectivity index (χ2n) is 3.75. The van der Waals surface area contributed by atoms with Gasteiger partial charge in [0.2, 0.25) is 5.95 Å². The van der Waals surface area contributed by atoms with Gasteiger partial charge in [0.25, 0.3) is 5.91 Å². The summed E-state index contributed by atoms with van der Waals surface area (Å²) < 4.78 is 18.6. The topological polar surface area (TPSA) is 51.2 Å². The molecular formula is C14H13FN2O2. The van der Waals surface area contributed by atoms with Crippen LogP contribution in [0.3, 0.4) is 0 Å². The summed E-state index contributed by atoms with van der Waals surface area (Å²) >= 11 is 0. The van der Waals surface area contributed by atoms with E-state index in [9.17, 15) is 9.18 Å². The lowest BCUT2D eigenvalue weighted by molar-refractivity contribution is 0.102. The molecule has 1 N–H and O–H groups in total. The summed E-state index contributed by atoms with van der Waals surface area (Å²) in [7, 11) is 0. The minimum absolute atomic E-state index is 0.0867. The zero-order valence-electron chi connectivity index (χ0n) is 10.4. The molecule has 0 unspecified atom stereocenters. The third-order valence-corrected chi connectivity index (χ3v) is 2.43. The van der Waals surface area contributed by atoms with Crippen molar-refractivity contribution in [2.75, 3.05) is 11.9 Å². The summed E-state index contributed by atoms with van der Waals surface area (Å²) in [6.45, 7) is 2.47. The molecule has 1 amide bonds. The first-order valence-electron chi connectivity index (χ1n) is 5.85. The van der Waals surface area contributed by atoms with E-state index >= 15 is 0 Å². The molecule has 2 rings (SSSR count). The van der Waals surface area contributed by atoms with Crippen LogP contribution < -0.4 is 10.1 Å². The van der Waals surface area contributed by atoms with Gasteiger partial charge in [-0.25, -0.2) is 4.98 Å². The SMILES string of the molecule is CCOc1ccc(NC(=O)c2cccnc2F)cc1. The summed E-state index contributed by atoms with van der Waals surface area (Å²) in [6.07, 6.45) is 1.29. The van der Waals surface area contributed by atoms with Crippen molar-refractivity contribution < 1.29 is 13.9 Å². The van der Waals surface area contributed by atoms with Crippen LogP contribution in [-0.4, -0.2) is 17.5 Å². The lowest BCUT2D eigenvalue weighted by atomic mass is 10.2. The molecule has 0 saturated heterocycles. The van der Waals surface area contributed by atoms with E-state index in [1.165, 1.54) is 18.3 Å². The Labute approximate surface area is 110 Å². The van der Waals surface area contributed by atoms with E-state index in [0.717, 1.165) is 0 Å². The third kappa shape index (κ3) is 3.28. The molecule has 19 heavy (non-hydrogen) atoms. The monoisotopic (exact) mass is 260 g/mol. The molecule has 1 aromatic carbocycles. The van der Waals surface area contributed by atoms with Crippen LogP contribution in [-0.2, 0) is 0 Å². The van der Waals surface area contributed by atoms with E-state index in [0.29, 0.717) is 18.0 Å². The molecule has 0 saturated carbocycles. The normalized spacial score (nSPS) is 10.0. The molecular weight excluding hydrogens is 247 g/mol. The van der Waals surface area contributed by atoms with Crippen molar-refractivity contribution in [3.05, 3.63) is 54.1 Å². The number of ether oxygens (including phenoxy) is 1. The number of carbonyl (C=O) groups is 1. The van der Waals surface area contributed by atoms with Crippen molar-refractivity contribution in [1.82, 2.24) is 4.98 Å². The summed E-state index contributed by atoms with van der Waals surface area (Å²) in [4.78, 5) is 15.3. The maximum atomic E-state index is 13.3. The average molecular weight is 260 g/mol. The number of halogens is 1. The highest BCUT2D eigenvalue weighted by atomic mass is 19.1. The van der Waals surface area contributed by atoms with Crippen molar-refractivity contribution in [2.45, 2.75) is 6.92 Å². The number of benzene rings is 1. The fourth-order valence-corrected chi connectivity index (χ4v) is 1.55. The van der Waals surface area contributed by atoms with Gasteiger partial charge in [-0.1, -0.05) is 0 Å². The van der Waals surface area contributed by atoms with Crippen LogP contribution in [0.1, 0.15) is 17.3 Å². The number of pyridine rings is 1. The van der Waals surface area contributed by atoms with Crippen LogP contribution in [0.2, 0.25) is 0 Å². The largest absolute Gasteiger partial charge is 0.494 e. The molecule has 5 heteroatoms. The highest BCUT2D eigenvalue weighted by Gasteiger charge is 2.11. The average Bonchev–Trinajstić information content (AvgIpc) is 2.42. The van der Waals surface area contributed by atoms with Gasteiger partial charge in [0, 0.05) is 11.9 Å². The van der Waals surface area contributed by atoms with Crippen LogP contribution >= 0.6 is 0 Å². The molecule has 0 spiro atoms. The first-order chi connectivity index (χ1) is 9.20. The molecule has 0 fully saturated rings. The highest BCUT2D eigenvalue weighted by Crippen LogP contribution is 2.16. The van der Waals surface area contributed by atoms with Crippen LogP contribution in [0.15, 0.2) is 42.6 Å². The quantitative estimate of drug-likeness (QED) is 0.860. The van der Waals surface area contributed by atoms with Gasteiger partial charge in [0.1, 0.15) is 5.75 Å². The molecule has 0 atom stereocenters. The number of anilines is 1. The minimum atomic E-state index is -0.786. The van der Waals surface area contributed by atoms with Gasteiger partial charge in [-0.3, -0.25) is 4.79 Å². The summed E-state index contributed by atoms with van der Waals surface area (Å²) in [5.41, 5.74) is 0.480. The Morgan fingerprint density at radius 2 is 2.05 bits per heavy atom. The van der Waals surface area contributed by atoms with Crippen molar-refractivity contribution in [1.29, 1.82) is 0 Å². The molecule has 1 aromatic heterocycles. The number of rotatable bonds is 4. The van der Waals surface area contributed by atoms with E-state index in [4.69, 9.17) is 4.74 Å². The van der Waals surface area contributed by atoms with Gasteiger partial charge in [0.05, 0.1) is 12.2 Å². The van der Waals surface area contributed by atoms with Crippen LogP contribution in [0.5, 0.6) is 5.75 Å². The molecule has 0 aliphatic heterocycles. The van der Waals surface area contributed by atoms with Crippen molar-refractivity contribution >= 4 is 11.6 Å². The fraction of sp³-hybridized carbons (Fsp3) is 0.143. The first kappa shape index (κ1) is 13.0. The molecule has 0 radical (unpaired) electrons. The number of carbonyl (C=O) groups excluding carboxylic acids is 1. The van der Waals surface area contributed by atoms with E-state index < -0.39 is 11.9 Å². The molecule has 1 heterocycles. The molecule has 0 aliphatic carbocycles. The van der Waals surface area contributed by atoms with Gasteiger partial charge in [-0.15, -0.1) is 0 Å². The van der Waals surface area contributed by atoms with Gasteiger partial charge in [0.15, 0.2) is 0 Å². The fourth-order valence-electron chi connectivity index (χ4n) is 1.55. The number of nitrogens with one attached hydrogen (secondary N) is 1. The number of aromatic nitrogens is 1. The van der Waals surface area contributed by atoms with Gasteiger partial charge < -0.3 is 10.1 Å². The van der Waals surface area contributed by atoms with E-state index in [2.05, 4.69) is 10.3 Å². The maximum Gasteiger partial charge on any atom is 0.260 e. The zero-order valence-corrected chi connectivity index (χ0v) is 10.4. The Morgan fingerprint density at radius 3 is 2.68 bits per heavy atom. The molecule has 98 valence electrons. The molecule has 0 aliphatic rings. The number of hydrogen-bond donors (Lipinski definition) is 1. The number of nitrogens with zero attached hydrogens (tertiary/aromatic N) is 1. The predicted octanol–water partition coefficient (Wildman–Crippen LogP) is 2.87. The predicted molar refractivity (Wildman–Crippen MR) is 69.8 cm³/mol. The third-order valence-electron chi connectivity index (χ3n) is 2.43. The number of hydrogen-bond acceptors (Lipinski definition) is 3. The molecule has 2 aromatic rings. The summed E-state index contributed by atoms with van der Waals surface area (Å²) in [6, 6.07) is 9.74. The second-order valence-corrected chi connectivity index (χ2v) is 3.75. The van der Waals surface area contributed by atoms with Crippen molar-refractivity contribution in [3.63, 3.8) is 0 Å². The van der Waals surface area contributed by atoms with Crippen LogP contribution in [0.4, 0.5) is 10.1 Å². The van der Waals surface area contributed by atoms with Crippen LogP contribution in [0.25, 0.3) is 0 Å². The van der Waals surface area contributed by atoms with Gasteiger partial charge >= 0.3 is 0 Å². The molecule has 0 bridgehead atoms. The Hall–Kier alpha value is -2.43. The first-order valence-corrected chi connectivity index (χ1v) is 5.85. The minimum Gasteiger partial charge on any atom is -0.494 e. The standard InChI is InChI=1S/C14H13FN2O2/c1-2-19-11-7-5-10(6-8-11)17-14(18)12-4-3-9-16-13(12)15/h3-9H,2H2,1H3,(H,17,18). The Morgan fingerprint density at radius 1 is 1.32 bits per heavy atom. The Kier molecular flexibility index (Phi) is 4.07. The van der Waals surface area contributed by atoms with Gasteiger partial charge in [-0.2, -0.15) is 4.39 Å². The van der Waals surface area contributed by atoms with E-state index in [1.54, 1.807) is 24.3 Å². The maximum absolute atomic E-state index is 13.3. The molecule has 4 nitrogen and oxygen atoms in total. The second kappa shape index (κ2) is 5.95. The Balaban J connectivity index is 2.09.